The van der Waals surface area contributed by atoms with Crippen LogP contribution in [0.3, 0.4) is 0 Å². The van der Waals surface area contributed by atoms with Gasteiger partial charge in [0.2, 0.25) is 6.79 Å². The molecular weight excluding hydrogens is 349 g/mol. The number of halogens is 2. The van der Waals surface area contributed by atoms with Crippen LogP contribution < -0.4 is 9.47 Å². The number of carbonyl (C=O) groups is 1. The summed E-state index contributed by atoms with van der Waals surface area (Å²) in [5, 5.41) is 0.823. The molecule has 4 rings (SSSR count). The molecule has 0 saturated carbocycles. The average molecular weight is 362 g/mol. The number of benzene rings is 2. The Labute approximate surface area is 149 Å². The van der Waals surface area contributed by atoms with E-state index < -0.39 is 0 Å². The van der Waals surface area contributed by atoms with Crippen LogP contribution in [0.1, 0.15) is 21.5 Å². The molecule has 2 aromatic rings. The number of carbonyl (C=O) groups excluding carboxylic acids is 1. The predicted molar refractivity (Wildman–Crippen MR) is 92.8 cm³/mol. The predicted octanol–water partition coefficient (Wildman–Crippen LogP) is 4.39. The number of rotatable bonds is 1. The molecule has 122 valence electrons. The minimum absolute atomic E-state index is 0.190. The van der Waals surface area contributed by atoms with Crippen molar-refractivity contribution in [2.45, 2.75) is 6.42 Å². The van der Waals surface area contributed by atoms with Crippen molar-refractivity contribution in [3.63, 3.8) is 0 Å². The van der Waals surface area contributed by atoms with Gasteiger partial charge in [-0.05, 0) is 42.3 Å². The van der Waals surface area contributed by atoms with Crippen molar-refractivity contribution >= 4 is 34.8 Å². The second kappa shape index (κ2) is 5.72. The average Bonchev–Trinajstić information content (AvgIpc) is 3.00. The van der Waals surface area contributed by atoms with Gasteiger partial charge in [0.15, 0.2) is 11.5 Å². The van der Waals surface area contributed by atoms with E-state index in [1.165, 1.54) is 0 Å². The summed E-state index contributed by atoms with van der Waals surface area (Å²) >= 11 is 12.1. The van der Waals surface area contributed by atoms with Gasteiger partial charge in [0.1, 0.15) is 0 Å². The van der Waals surface area contributed by atoms with E-state index >= 15 is 0 Å². The molecule has 0 aromatic heterocycles. The van der Waals surface area contributed by atoms with Gasteiger partial charge in [0.25, 0.3) is 5.91 Å². The fraction of sp³-hybridized carbons (Fsp3) is 0.167. The van der Waals surface area contributed by atoms with Crippen LogP contribution in [0.4, 0.5) is 0 Å². The number of ether oxygens (including phenoxy) is 2. The van der Waals surface area contributed by atoms with Gasteiger partial charge in [-0.25, -0.2) is 0 Å². The summed E-state index contributed by atoms with van der Waals surface area (Å²) < 4.78 is 10.8. The highest BCUT2D eigenvalue weighted by Crippen LogP contribution is 2.40. The van der Waals surface area contributed by atoms with Crippen molar-refractivity contribution in [1.29, 1.82) is 0 Å². The number of hydrogen-bond acceptors (Lipinski definition) is 3. The third-order valence-corrected chi connectivity index (χ3v) is 4.79. The molecular formula is C18H13Cl2NO3. The van der Waals surface area contributed by atoms with E-state index in [0.717, 1.165) is 16.9 Å². The highest BCUT2D eigenvalue weighted by molar-refractivity contribution is 6.36. The minimum atomic E-state index is -0.190. The Kier molecular flexibility index (Phi) is 3.66. The zero-order chi connectivity index (χ0) is 16.8. The molecule has 0 atom stereocenters. The zero-order valence-corrected chi connectivity index (χ0v) is 14.2. The van der Waals surface area contributed by atoms with Crippen LogP contribution >= 0.6 is 23.2 Å². The van der Waals surface area contributed by atoms with Gasteiger partial charge < -0.3 is 14.4 Å². The molecule has 24 heavy (non-hydrogen) atoms. The van der Waals surface area contributed by atoms with Gasteiger partial charge in [-0.15, -0.1) is 0 Å². The Morgan fingerprint density at radius 2 is 1.88 bits per heavy atom. The van der Waals surface area contributed by atoms with Gasteiger partial charge >= 0.3 is 0 Å². The Balaban J connectivity index is 1.69. The second-order valence-corrected chi connectivity index (χ2v) is 6.48. The number of amides is 1. The van der Waals surface area contributed by atoms with Gasteiger partial charge in [-0.2, -0.15) is 0 Å². The molecule has 2 aliphatic heterocycles. The third-order valence-electron chi connectivity index (χ3n) is 4.25. The summed E-state index contributed by atoms with van der Waals surface area (Å²) in [5.74, 6) is 1.22. The third kappa shape index (κ3) is 2.43. The van der Waals surface area contributed by atoms with Crippen LogP contribution in [-0.2, 0) is 6.42 Å². The van der Waals surface area contributed by atoms with Crippen molar-refractivity contribution in [3.8, 4) is 11.5 Å². The van der Waals surface area contributed by atoms with Crippen LogP contribution in [-0.4, -0.2) is 24.1 Å². The van der Waals surface area contributed by atoms with E-state index in [2.05, 4.69) is 6.58 Å². The Hall–Kier alpha value is -2.17. The van der Waals surface area contributed by atoms with E-state index in [0.29, 0.717) is 40.0 Å². The summed E-state index contributed by atoms with van der Waals surface area (Å²) in [6.45, 7) is 4.84. The molecule has 0 unspecified atom stereocenters. The summed E-state index contributed by atoms with van der Waals surface area (Å²) in [4.78, 5) is 14.5. The van der Waals surface area contributed by atoms with Crippen LogP contribution in [0.5, 0.6) is 11.5 Å². The van der Waals surface area contributed by atoms with E-state index in [1.807, 2.05) is 12.1 Å². The molecule has 0 saturated heterocycles. The van der Waals surface area contributed by atoms with E-state index in [1.54, 1.807) is 23.1 Å². The fourth-order valence-electron chi connectivity index (χ4n) is 3.00. The van der Waals surface area contributed by atoms with Crippen molar-refractivity contribution in [2.24, 2.45) is 0 Å². The molecule has 2 aromatic carbocycles. The molecule has 1 amide bonds. The quantitative estimate of drug-likeness (QED) is 0.755. The molecule has 0 spiro atoms. The first-order valence-corrected chi connectivity index (χ1v) is 8.19. The Morgan fingerprint density at radius 3 is 2.62 bits per heavy atom. The molecule has 0 radical (unpaired) electrons. The molecule has 0 bridgehead atoms. The lowest BCUT2D eigenvalue weighted by Gasteiger charge is -2.31. The maximum atomic E-state index is 12.9. The lowest BCUT2D eigenvalue weighted by molar-refractivity contribution is 0.0833. The van der Waals surface area contributed by atoms with E-state index in [-0.39, 0.29) is 12.7 Å². The molecule has 0 N–H and O–H groups in total. The molecule has 0 aliphatic carbocycles. The first-order valence-electron chi connectivity index (χ1n) is 7.43. The molecule has 2 aliphatic rings. The number of fused-ring (bicyclic) bond motifs is 2. The number of nitrogens with zero attached hydrogens (tertiary/aromatic N) is 1. The number of hydrogen-bond donors (Lipinski definition) is 0. The minimum Gasteiger partial charge on any atom is -0.454 e. The zero-order valence-electron chi connectivity index (χ0n) is 12.6. The monoisotopic (exact) mass is 361 g/mol. The normalized spacial score (nSPS) is 15.4. The molecule has 0 fully saturated rings. The first kappa shape index (κ1) is 15.4. The van der Waals surface area contributed by atoms with Gasteiger partial charge in [0.05, 0.1) is 10.6 Å². The second-order valence-electron chi connectivity index (χ2n) is 5.64. The summed E-state index contributed by atoms with van der Waals surface area (Å²) in [5.41, 5.74) is 3.02. The Bertz CT molecular complexity index is 879. The van der Waals surface area contributed by atoms with Gasteiger partial charge in [-0.1, -0.05) is 29.8 Å². The fourth-order valence-corrected chi connectivity index (χ4v) is 3.49. The van der Waals surface area contributed by atoms with Crippen LogP contribution in [0, 0.1) is 0 Å². The van der Waals surface area contributed by atoms with Crippen molar-refractivity contribution in [1.82, 2.24) is 4.90 Å². The van der Waals surface area contributed by atoms with Crippen molar-refractivity contribution in [3.05, 3.63) is 63.6 Å². The SMILES string of the molecule is C=C1c2cc3c(cc2CCN1C(=O)c1ccc(Cl)cc1Cl)OCO3. The maximum Gasteiger partial charge on any atom is 0.259 e. The van der Waals surface area contributed by atoms with E-state index in [4.69, 9.17) is 32.7 Å². The highest BCUT2D eigenvalue weighted by Gasteiger charge is 2.29. The lowest BCUT2D eigenvalue weighted by atomic mass is 9.95. The topological polar surface area (TPSA) is 38.8 Å². The van der Waals surface area contributed by atoms with Crippen LogP contribution in [0.25, 0.3) is 5.70 Å². The lowest BCUT2D eigenvalue weighted by Crippen LogP contribution is -2.34. The van der Waals surface area contributed by atoms with Crippen molar-refractivity contribution < 1.29 is 14.3 Å². The largest absolute Gasteiger partial charge is 0.454 e. The maximum absolute atomic E-state index is 12.9. The Morgan fingerprint density at radius 1 is 1.12 bits per heavy atom. The standard InChI is InChI=1S/C18H13Cl2NO3/c1-10-14-8-17-16(23-9-24-17)6-11(14)4-5-21(10)18(22)13-3-2-12(19)7-15(13)20/h2-3,6-8H,1,4-5,9H2. The smallest absolute Gasteiger partial charge is 0.259 e. The van der Waals surface area contributed by atoms with E-state index in [9.17, 15) is 4.79 Å². The van der Waals surface area contributed by atoms with Crippen molar-refractivity contribution in [2.75, 3.05) is 13.3 Å². The highest BCUT2D eigenvalue weighted by atomic mass is 35.5. The summed E-state index contributed by atoms with van der Waals surface area (Å²) in [6.07, 6.45) is 0.710. The van der Waals surface area contributed by atoms with Gasteiger partial charge in [0, 0.05) is 22.8 Å². The molecule has 4 nitrogen and oxygen atoms in total. The van der Waals surface area contributed by atoms with Gasteiger partial charge in [-0.3, -0.25) is 4.79 Å². The first-order chi connectivity index (χ1) is 11.5. The molecule has 2 heterocycles. The van der Waals surface area contributed by atoms with Crippen LogP contribution in [0.2, 0.25) is 10.0 Å². The molecule has 6 heteroatoms. The van der Waals surface area contributed by atoms with Crippen LogP contribution in [0.15, 0.2) is 36.9 Å². The summed E-state index contributed by atoms with van der Waals surface area (Å²) in [6, 6.07) is 8.69. The summed E-state index contributed by atoms with van der Waals surface area (Å²) in [7, 11) is 0.